The van der Waals surface area contributed by atoms with Crippen LogP contribution in [-0.2, 0) is 17.5 Å². The summed E-state index contributed by atoms with van der Waals surface area (Å²) in [6.07, 6.45) is 3.25. The summed E-state index contributed by atoms with van der Waals surface area (Å²) in [5, 5.41) is 0. The molecule has 0 aliphatic heterocycles. The van der Waals surface area contributed by atoms with Crippen molar-refractivity contribution in [3.8, 4) is 5.75 Å². The molecule has 15 heavy (non-hydrogen) atoms. The molecular weight excluding hydrogens is 212 g/mol. The molecular formula is C11H12O3S. The van der Waals surface area contributed by atoms with Crippen molar-refractivity contribution in [1.82, 2.24) is 0 Å². The summed E-state index contributed by atoms with van der Waals surface area (Å²) in [7, 11) is 1.61. The molecule has 1 aliphatic rings. The largest absolute Gasteiger partial charge is 0.497 e. The van der Waals surface area contributed by atoms with E-state index in [0.29, 0.717) is 11.3 Å². The van der Waals surface area contributed by atoms with Crippen LogP contribution in [0.4, 0.5) is 0 Å². The first-order chi connectivity index (χ1) is 7.20. The maximum Gasteiger partial charge on any atom is 0.182 e. The minimum Gasteiger partial charge on any atom is -0.497 e. The summed E-state index contributed by atoms with van der Waals surface area (Å²) >= 11 is -1.85. The number of ether oxygens (including phenoxy) is 1. The minimum atomic E-state index is -1.85. The van der Waals surface area contributed by atoms with E-state index in [1.165, 1.54) is 5.56 Å². The molecule has 1 atom stereocenters. The number of benzene rings is 1. The molecule has 2 rings (SSSR count). The van der Waals surface area contributed by atoms with Gasteiger partial charge < -0.3 is 9.29 Å². The van der Waals surface area contributed by atoms with Gasteiger partial charge in [-0.1, -0.05) is 6.07 Å². The van der Waals surface area contributed by atoms with Crippen LogP contribution in [0.15, 0.2) is 23.1 Å². The molecule has 1 aliphatic carbocycles. The van der Waals surface area contributed by atoms with Gasteiger partial charge in [0.2, 0.25) is 0 Å². The Labute approximate surface area is 91.1 Å². The topological polar surface area (TPSA) is 46.5 Å². The molecule has 0 aromatic heterocycles. The number of hydrogen-bond donors (Lipinski definition) is 1. The zero-order valence-corrected chi connectivity index (χ0v) is 9.21. The molecule has 0 radical (unpaired) electrons. The second-order valence-electron chi connectivity index (χ2n) is 3.42. The Morgan fingerprint density at radius 3 is 2.87 bits per heavy atom. The quantitative estimate of drug-likeness (QED) is 0.783. The van der Waals surface area contributed by atoms with Crippen molar-refractivity contribution >= 4 is 17.2 Å². The zero-order valence-electron chi connectivity index (χ0n) is 8.40. The van der Waals surface area contributed by atoms with E-state index >= 15 is 0 Å². The molecule has 1 aromatic carbocycles. The summed E-state index contributed by atoms with van der Waals surface area (Å²) in [5.74, 6) is 0.773. The lowest BCUT2D eigenvalue weighted by molar-refractivity contribution is 0.414. The van der Waals surface area contributed by atoms with Gasteiger partial charge in [0.05, 0.1) is 7.11 Å². The molecule has 0 spiro atoms. The first-order valence-corrected chi connectivity index (χ1v) is 5.79. The van der Waals surface area contributed by atoms with Crippen LogP contribution in [0.25, 0.3) is 6.08 Å². The van der Waals surface area contributed by atoms with Crippen molar-refractivity contribution in [3.63, 3.8) is 0 Å². The Bertz CT molecular complexity index is 437. The highest BCUT2D eigenvalue weighted by Crippen LogP contribution is 2.28. The molecule has 1 unspecified atom stereocenters. The number of rotatable bonds is 2. The van der Waals surface area contributed by atoms with Crippen LogP contribution in [0.2, 0.25) is 0 Å². The molecule has 0 amide bonds. The van der Waals surface area contributed by atoms with Crippen LogP contribution in [0.3, 0.4) is 0 Å². The smallest absolute Gasteiger partial charge is 0.182 e. The summed E-state index contributed by atoms with van der Waals surface area (Å²) in [4.78, 5) is 0.579. The second-order valence-corrected chi connectivity index (χ2v) is 4.45. The van der Waals surface area contributed by atoms with Gasteiger partial charge in [-0.05, 0) is 42.2 Å². The predicted molar refractivity (Wildman–Crippen MR) is 60.1 cm³/mol. The SMILES string of the molecule is COc1ccc2c(c1)C=C(S(=O)O)CC2. The fraction of sp³-hybridized carbons (Fsp3) is 0.273. The monoisotopic (exact) mass is 224 g/mol. The van der Waals surface area contributed by atoms with Crippen molar-refractivity contribution in [1.29, 1.82) is 0 Å². The van der Waals surface area contributed by atoms with Crippen LogP contribution in [0, 0.1) is 0 Å². The molecule has 0 heterocycles. The van der Waals surface area contributed by atoms with Crippen molar-refractivity contribution < 1.29 is 13.5 Å². The molecule has 4 heteroatoms. The van der Waals surface area contributed by atoms with Crippen molar-refractivity contribution in [2.45, 2.75) is 12.8 Å². The predicted octanol–water partition coefficient (Wildman–Crippen LogP) is 2.20. The van der Waals surface area contributed by atoms with Crippen molar-refractivity contribution in [3.05, 3.63) is 34.2 Å². The van der Waals surface area contributed by atoms with Gasteiger partial charge in [-0.25, -0.2) is 4.21 Å². The van der Waals surface area contributed by atoms with Crippen LogP contribution in [0.1, 0.15) is 17.5 Å². The minimum absolute atomic E-state index is 0.579. The third-order valence-corrected chi connectivity index (χ3v) is 3.31. The van der Waals surface area contributed by atoms with Gasteiger partial charge in [0.1, 0.15) is 5.75 Å². The Hall–Kier alpha value is -1.13. The number of hydrogen-bond acceptors (Lipinski definition) is 2. The van der Waals surface area contributed by atoms with Crippen LogP contribution >= 0.6 is 0 Å². The Morgan fingerprint density at radius 2 is 2.20 bits per heavy atom. The lowest BCUT2D eigenvalue weighted by Crippen LogP contribution is -2.03. The number of methoxy groups -OCH3 is 1. The van der Waals surface area contributed by atoms with Gasteiger partial charge in [-0.2, -0.15) is 0 Å². The lowest BCUT2D eigenvalue weighted by atomic mass is 9.97. The fourth-order valence-corrected chi connectivity index (χ4v) is 2.21. The van der Waals surface area contributed by atoms with E-state index in [2.05, 4.69) is 0 Å². The van der Waals surface area contributed by atoms with E-state index in [1.807, 2.05) is 18.2 Å². The van der Waals surface area contributed by atoms with Crippen LogP contribution in [0.5, 0.6) is 5.75 Å². The van der Waals surface area contributed by atoms with E-state index in [1.54, 1.807) is 13.2 Å². The highest BCUT2D eigenvalue weighted by atomic mass is 32.2. The van der Waals surface area contributed by atoms with Gasteiger partial charge in [-0.3, -0.25) is 0 Å². The maximum atomic E-state index is 10.9. The first-order valence-electron chi connectivity index (χ1n) is 4.69. The Kier molecular flexibility index (Phi) is 2.88. The summed E-state index contributed by atoms with van der Waals surface area (Å²) in [5.41, 5.74) is 2.18. The highest BCUT2D eigenvalue weighted by molar-refractivity contribution is 7.83. The van der Waals surface area contributed by atoms with Gasteiger partial charge in [-0.15, -0.1) is 0 Å². The fourth-order valence-electron chi connectivity index (χ4n) is 1.70. The molecule has 80 valence electrons. The van der Waals surface area contributed by atoms with E-state index in [0.717, 1.165) is 17.7 Å². The van der Waals surface area contributed by atoms with Crippen molar-refractivity contribution in [2.24, 2.45) is 0 Å². The number of allylic oxidation sites excluding steroid dienone is 1. The average molecular weight is 224 g/mol. The lowest BCUT2D eigenvalue weighted by Gasteiger charge is -2.14. The molecule has 0 saturated heterocycles. The molecule has 0 fully saturated rings. The highest BCUT2D eigenvalue weighted by Gasteiger charge is 2.14. The van der Waals surface area contributed by atoms with Crippen LogP contribution < -0.4 is 4.74 Å². The number of fused-ring (bicyclic) bond motifs is 1. The van der Waals surface area contributed by atoms with Gasteiger partial charge in [0.15, 0.2) is 11.1 Å². The molecule has 1 N–H and O–H groups in total. The first kappa shape index (κ1) is 10.4. The normalized spacial score (nSPS) is 16.5. The van der Waals surface area contributed by atoms with Crippen LogP contribution in [-0.4, -0.2) is 15.9 Å². The number of aryl methyl sites for hydroxylation is 1. The zero-order chi connectivity index (χ0) is 10.8. The van der Waals surface area contributed by atoms with Crippen molar-refractivity contribution in [2.75, 3.05) is 7.11 Å². The van der Waals surface area contributed by atoms with E-state index < -0.39 is 11.1 Å². The van der Waals surface area contributed by atoms with Gasteiger partial charge in [0, 0.05) is 4.91 Å². The molecule has 0 saturated carbocycles. The Balaban J connectivity index is 2.43. The van der Waals surface area contributed by atoms with Gasteiger partial charge >= 0.3 is 0 Å². The van der Waals surface area contributed by atoms with E-state index in [9.17, 15) is 4.21 Å². The third kappa shape index (κ3) is 2.11. The van der Waals surface area contributed by atoms with E-state index in [-0.39, 0.29) is 0 Å². The summed E-state index contributed by atoms with van der Waals surface area (Å²) in [6.45, 7) is 0. The standard InChI is InChI=1S/C11H12O3S/c1-14-10-4-2-8-3-5-11(15(12)13)7-9(8)6-10/h2,4,6-7H,3,5H2,1H3,(H,12,13). The van der Waals surface area contributed by atoms with E-state index in [4.69, 9.17) is 9.29 Å². The maximum absolute atomic E-state index is 10.9. The average Bonchev–Trinajstić information content (AvgIpc) is 2.27. The molecule has 0 bridgehead atoms. The third-order valence-electron chi connectivity index (χ3n) is 2.53. The second kappa shape index (κ2) is 4.16. The van der Waals surface area contributed by atoms with Gasteiger partial charge in [0.25, 0.3) is 0 Å². The molecule has 1 aromatic rings. The molecule has 3 nitrogen and oxygen atoms in total. The summed E-state index contributed by atoms with van der Waals surface area (Å²) < 4.78 is 25.0. The summed E-state index contributed by atoms with van der Waals surface area (Å²) in [6, 6.07) is 5.80. The Morgan fingerprint density at radius 1 is 1.40 bits per heavy atom.